The molecule has 19 heavy (non-hydrogen) atoms. The summed E-state index contributed by atoms with van der Waals surface area (Å²) in [6.45, 7) is 0. The number of ketones is 1. The summed E-state index contributed by atoms with van der Waals surface area (Å²) in [5.74, 6) is 0.0716. The van der Waals surface area contributed by atoms with Gasteiger partial charge in [-0.1, -0.05) is 41.6 Å². The molecular weight excluding hydrogens is 280 g/mol. The van der Waals surface area contributed by atoms with Crippen molar-refractivity contribution in [1.82, 2.24) is 0 Å². The molecule has 0 atom stereocenters. The maximum atomic E-state index is 12.2. The zero-order valence-electron chi connectivity index (χ0n) is 9.76. The number of carbonyl (C=O) groups is 1. The van der Waals surface area contributed by atoms with Gasteiger partial charge in [0.15, 0.2) is 0 Å². The Labute approximate surface area is 119 Å². The minimum atomic E-state index is 0.0322. The summed E-state index contributed by atoms with van der Waals surface area (Å²) in [6.07, 6.45) is 1.79. The third-order valence-electron chi connectivity index (χ3n) is 2.84. The predicted octanol–water partition coefficient (Wildman–Crippen LogP) is 4.38. The Morgan fingerprint density at radius 1 is 1.16 bits per heavy atom. The number of halogens is 1. The average molecular weight is 289 g/mol. The largest absolute Gasteiger partial charge is 0.506 e. The Morgan fingerprint density at radius 2 is 1.95 bits per heavy atom. The number of phenolic OH excluding ortho intramolecular Hbond substituents is 1. The number of phenols is 1. The summed E-state index contributed by atoms with van der Waals surface area (Å²) in [5, 5.41) is 9.65. The van der Waals surface area contributed by atoms with Crippen LogP contribution < -0.4 is 0 Å². The van der Waals surface area contributed by atoms with Crippen molar-refractivity contribution >= 4 is 35.2 Å². The lowest BCUT2D eigenvalue weighted by Crippen LogP contribution is -1.93. The summed E-state index contributed by atoms with van der Waals surface area (Å²) in [6, 6.07) is 12.4. The molecule has 94 valence electrons. The van der Waals surface area contributed by atoms with E-state index in [-0.39, 0.29) is 16.6 Å². The number of hydrogen-bond donors (Lipinski definition) is 1. The van der Waals surface area contributed by atoms with Crippen LogP contribution in [-0.4, -0.2) is 10.9 Å². The molecule has 0 fully saturated rings. The second-order valence-electron chi connectivity index (χ2n) is 4.15. The van der Waals surface area contributed by atoms with E-state index in [0.29, 0.717) is 4.91 Å². The van der Waals surface area contributed by atoms with Gasteiger partial charge in [-0.3, -0.25) is 4.79 Å². The number of allylic oxidation sites excluding steroid dienone is 1. The van der Waals surface area contributed by atoms with Gasteiger partial charge in [0.05, 0.1) is 9.93 Å². The molecule has 0 saturated carbocycles. The summed E-state index contributed by atoms with van der Waals surface area (Å²) < 4.78 is 0. The highest BCUT2D eigenvalue weighted by Gasteiger charge is 2.25. The molecule has 2 aromatic rings. The third-order valence-corrected chi connectivity index (χ3v) is 4.25. The van der Waals surface area contributed by atoms with Crippen molar-refractivity contribution in [3.05, 3.63) is 63.5 Å². The highest BCUT2D eigenvalue weighted by Crippen LogP contribution is 2.40. The van der Waals surface area contributed by atoms with E-state index in [2.05, 4.69) is 0 Å². The number of rotatable bonds is 1. The molecule has 3 rings (SSSR count). The van der Waals surface area contributed by atoms with Crippen LogP contribution in [0.25, 0.3) is 6.08 Å². The van der Waals surface area contributed by atoms with Gasteiger partial charge in [0.25, 0.3) is 0 Å². The fourth-order valence-corrected chi connectivity index (χ4v) is 3.14. The monoisotopic (exact) mass is 288 g/mol. The first-order valence-corrected chi connectivity index (χ1v) is 6.86. The predicted molar refractivity (Wildman–Crippen MR) is 77.7 cm³/mol. The Bertz CT molecular complexity index is 707. The molecule has 0 amide bonds. The normalized spacial score (nSPS) is 15.8. The second kappa shape index (κ2) is 4.76. The summed E-state index contributed by atoms with van der Waals surface area (Å²) in [7, 11) is 0. The molecule has 2 aromatic carbocycles. The van der Waals surface area contributed by atoms with Gasteiger partial charge in [-0.05, 0) is 35.9 Å². The fourth-order valence-electron chi connectivity index (χ4n) is 1.90. The maximum Gasteiger partial charge on any atom is 0.200 e. The van der Waals surface area contributed by atoms with Gasteiger partial charge in [0.2, 0.25) is 5.78 Å². The molecular formula is C15H9ClO2S. The lowest BCUT2D eigenvalue weighted by molar-refractivity contribution is 0.104. The second-order valence-corrected chi connectivity index (χ2v) is 5.64. The van der Waals surface area contributed by atoms with Crippen LogP contribution >= 0.6 is 23.4 Å². The van der Waals surface area contributed by atoms with Crippen molar-refractivity contribution in [2.45, 2.75) is 4.90 Å². The van der Waals surface area contributed by atoms with E-state index >= 15 is 0 Å². The van der Waals surface area contributed by atoms with Crippen molar-refractivity contribution in [2.75, 3.05) is 0 Å². The first-order valence-electron chi connectivity index (χ1n) is 5.67. The number of Topliss-reactive ketones (excluding diaryl/α,β-unsaturated/α-hetero) is 1. The molecule has 1 N–H and O–H groups in total. The fraction of sp³-hybridized carbons (Fsp3) is 0. The molecule has 0 bridgehead atoms. The third kappa shape index (κ3) is 2.27. The summed E-state index contributed by atoms with van der Waals surface area (Å²) in [5.41, 5.74) is 1.54. The van der Waals surface area contributed by atoms with Crippen LogP contribution in [0.4, 0.5) is 0 Å². The minimum absolute atomic E-state index is 0.0322. The van der Waals surface area contributed by atoms with Gasteiger partial charge < -0.3 is 5.11 Å². The van der Waals surface area contributed by atoms with Crippen molar-refractivity contribution in [1.29, 1.82) is 0 Å². The summed E-state index contributed by atoms with van der Waals surface area (Å²) in [4.78, 5) is 13.8. The standard InChI is InChI=1S/C15H9ClO2S/c16-11-7-9(5-6-12(11)17)8-14-15(18)10-3-1-2-4-13(10)19-14/h1-8,17H/b14-8-. The van der Waals surface area contributed by atoms with Gasteiger partial charge in [-0.2, -0.15) is 0 Å². The number of aromatic hydroxyl groups is 1. The van der Waals surface area contributed by atoms with Crippen LogP contribution in [0.2, 0.25) is 5.02 Å². The van der Waals surface area contributed by atoms with E-state index in [0.717, 1.165) is 16.0 Å². The van der Waals surface area contributed by atoms with Crippen molar-refractivity contribution in [2.24, 2.45) is 0 Å². The summed E-state index contributed by atoms with van der Waals surface area (Å²) >= 11 is 7.31. The molecule has 0 aliphatic carbocycles. The lowest BCUT2D eigenvalue weighted by atomic mass is 10.1. The van der Waals surface area contributed by atoms with Gasteiger partial charge in [0, 0.05) is 10.5 Å². The van der Waals surface area contributed by atoms with Crippen LogP contribution in [0, 0.1) is 0 Å². The van der Waals surface area contributed by atoms with Crippen LogP contribution in [-0.2, 0) is 0 Å². The van der Waals surface area contributed by atoms with Crippen molar-refractivity contribution in [3.63, 3.8) is 0 Å². The average Bonchev–Trinajstić information content (AvgIpc) is 2.72. The zero-order valence-corrected chi connectivity index (χ0v) is 11.3. The van der Waals surface area contributed by atoms with Crippen molar-refractivity contribution in [3.8, 4) is 5.75 Å². The highest BCUT2D eigenvalue weighted by molar-refractivity contribution is 8.04. The Balaban J connectivity index is 1.98. The zero-order chi connectivity index (χ0) is 13.4. The molecule has 0 spiro atoms. The topological polar surface area (TPSA) is 37.3 Å². The van der Waals surface area contributed by atoms with Gasteiger partial charge in [0.1, 0.15) is 5.75 Å². The Hall–Kier alpha value is -1.71. The van der Waals surface area contributed by atoms with Crippen molar-refractivity contribution < 1.29 is 9.90 Å². The molecule has 0 aromatic heterocycles. The lowest BCUT2D eigenvalue weighted by Gasteiger charge is -1.99. The number of benzene rings is 2. The van der Waals surface area contributed by atoms with E-state index in [1.165, 1.54) is 17.8 Å². The number of hydrogen-bond acceptors (Lipinski definition) is 3. The van der Waals surface area contributed by atoms with Crippen LogP contribution in [0.5, 0.6) is 5.75 Å². The molecule has 2 nitrogen and oxygen atoms in total. The first-order chi connectivity index (χ1) is 9.15. The number of thioether (sulfide) groups is 1. The van der Waals surface area contributed by atoms with E-state index in [1.54, 1.807) is 18.2 Å². The van der Waals surface area contributed by atoms with E-state index in [9.17, 15) is 9.90 Å². The van der Waals surface area contributed by atoms with E-state index in [4.69, 9.17) is 11.6 Å². The quantitative estimate of drug-likeness (QED) is 0.792. The first kappa shape index (κ1) is 12.3. The highest BCUT2D eigenvalue weighted by atomic mass is 35.5. The number of fused-ring (bicyclic) bond motifs is 1. The number of carbonyl (C=O) groups excluding carboxylic acids is 1. The van der Waals surface area contributed by atoms with E-state index in [1.807, 2.05) is 24.3 Å². The SMILES string of the molecule is O=C1/C(=C/c2ccc(O)c(Cl)c2)Sc2ccccc21. The van der Waals surface area contributed by atoms with Gasteiger partial charge in [-0.15, -0.1) is 0 Å². The molecule has 1 heterocycles. The molecule has 0 saturated heterocycles. The Kier molecular flexibility index (Phi) is 3.09. The van der Waals surface area contributed by atoms with Gasteiger partial charge >= 0.3 is 0 Å². The van der Waals surface area contributed by atoms with E-state index < -0.39 is 0 Å². The van der Waals surface area contributed by atoms with Crippen LogP contribution in [0.1, 0.15) is 15.9 Å². The maximum absolute atomic E-state index is 12.2. The molecule has 4 heteroatoms. The van der Waals surface area contributed by atoms with Gasteiger partial charge in [-0.25, -0.2) is 0 Å². The van der Waals surface area contributed by atoms with Crippen LogP contribution in [0.15, 0.2) is 52.3 Å². The molecule has 0 radical (unpaired) electrons. The smallest absolute Gasteiger partial charge is 0.200 e. The molecule has 1 aliphatic rings. The Morgan fingerprint density at radius 3 is 2.68 bits per heavy atom. The minimum Gasteiger partial charge on any atom is -0.506 e. The van der Waals surface area contributed by atoms with Crippen LogP contribution in [0.3, 0.4) is 0 Å². The molecule has 0 unspecified atom stereocenters. The molecule has 1 aliphatic heterocycles.